The predicted octanol–water partition coefficient (Wildman–Crippen LogP) is 4.65. The van der Waals surface area contributed by atoms with Crippen molar-refractivity contribution < 1.29 is 18.7 Å². The third-order valence-corrected chi connectivity index (χ3v) is 11.2. The van der Waals surface area contributed by atoms with Gasteiger partial charge in [-0.1, -0.05) is 23.2 Å². The fourth-order valence-electron chi connectivity index (χ4n) is 6.90. The van der Waals surface area contributed by atoms with Crippen LogP contribution in [-0.4, -0.2) is 50.9 Å². The van der Waals surface area contributed by atoms with Crippen molar-refractivity contribution in [2.45, 2.75) is 44.6 Å². The van der Waals surface area contributed by atoms with E-state index >= 15 is 0 Å². The molecule has 5 fully saturated rings. The number of nitrogens with zero attached hydrogens (tertiary/aromatic N) is 2. The molecule has 8 nitrogen and oxygen atoms in total. The van der Waals surface area contributed by atoms with Crippen LogP contribution in [0.25, 0.3) is 0 Å². The summed E-state index contributed by atoms with van der Waals surface area (Å²) in [7, 11) is -3.47. The number of hydrogen-bond acceptors (Lipinski definition) is 6. The molecule has 1 aromatic rings. The molecule has 5 aliphatic rings. The second-order valence-corrected chi connectivity index (χ2v) is 13.9. The van der Waals surface area contributed by atoms with Gasteiger partial charge in [0.1, 0.15) is 0 Å². The number of halogens is 3. The fraction of sp³-hybridized carbons (Fsp3) is 0.636. The van der Waals surface area contributed by atoms with Crippen LogP contribution in [0.4, 0.5) is 5.69 Å². The third-order valence-electron chi connectivity index (χ3n) is 8.09. The van der Waals surface area contributed by atoms with Crippen molar-refractivity contribution in [3.8, 4) is 0 Å². The Morgan fingerprint density at radius 1 is 1.18 bits per heavy atom. The predicted molar refractivity (Wildman–Crippen MR) is 138 cm³/mol. The minimum atomic E-state index is -3.47. The highest BCUT2D eigenvalue weighted by molar-refractivity contribution is 9.10. The zero-order chi connectivity index (χ0) is 24.4. The molecule has 12 heteroatoms. The Balaban J connectivity index is 1.29. The van der Waals surface area contributed by atoms with Crippen LogP contribution in [0.1, 0.15) is 38.5 Å². The molecular weight excluding hydrogens is 567 g/mol. The van der Waals surface area contributed by atoms with Gasteiger partial charge in [-0.05, 0) is 95.3 Å². The number of hydrogen-bond donors (Lipinski definition) is 4. The lowest BCUT2D eigenvalue weighted by atomic mass is 9.47. The molecule has 1 aliphatic heterocycles. The van der Waals surface area contributed by atoms with Gasteiger partial charge in [0.25, 0.3) is 0 Å². The lowest BCUT2D eigenvalue weighted by molar-refractivity contribution is -0.147. The highest BCUT2D eigenvalue weighted by Gasteiger charge is 2.58. The third kappa shape index (κ3) is 4.23. The molecule has 4 aliphatic carbocycles. The molecule has 2 amide bonds. The molecule has 1 heterocycles. The quantitative estimate of drug-likeness (QED) is 0.393. The summed E-state index contributed by atoms with van der Waals surface area (Å²) in [5.74, 6) is 0.539. The number of primary amides is 1. The van der Waals surface area contributed by atoms with Gasteiger partial charge >= 0.3 is 0 Å². The van der Waals surface area contributed by atoms with E-state index in [1.165, 1.54) is 8.61 Å². The van der Waals surface area contributed by atoms with Crippen LogP contribution in [0, 0.1) is 23.2 Å². The lowest BCUT2D eigenvalue weighted by Gasteiger charge is -2.59. The van der Waals surface area contributed by atoms with Crippen LogP contribution in [0.2, 0.25) is 10.0 Å². The molecule has 5 N–H and O–H groups in total. The standard InChI is InChI=1S/C22H29BrCl2N4O4S/c23-16-6-15(24)7-17(25)20(16)29-3-1-2-28(34(29,32)33)11-18(30)27-19-13-4-12-5-14(19)10-22(8-12,9-13)21(26)31/h6-7,12-14,19,32-33H,1-5,8-11H2,(H2,26,31)(H,27,30). The number of nitrogens with two attached hydrogens (primary N) is 1. The van der Waals surface area contributed by atoms with Crippen molar-refractivity contribution in [2.24, 2.45) is 28.9 Å². The van der Waals surface area contributed by atoms with Crippen LogP contribution in [0.5, 0.6) is 0 Å². The summed E-state index contributed by atoms with van der Waals surface area (Å²) in [6.07, 6.45) is 4.99. The van der Waals surface area contributed by atoms with Crippen LogP contribution in [0.3, 0.4) is 0 Å². The molecule has 6 rings (SSSR count). The summed E-state index contributed by atoms with van der Waals surface area (Å²) in [5.41, 5.74) is 5.80. The van der Waals surface area contributed by atoms with E-state index in [9.17, 15) is 18.7 Å². The number of rotatable bonds is 5. The first-order valence-electron chi connectivity index (χ1n) is 11.5. The van der Waals surface area contributed by atoms with Gasteiger partial charge in [-0.3, -0.25) is 23.0 Å². The second kappa shape index (κ2) is 8.97. The van der Waals surface area contributed by atoms with Crippen molar-refractivity contribution in [3.63, 3.8) is 0 Å². The molecule has 1 aromatic carbocycles. The highest BCUT2D eigenvalue weighted by atomic mass is 79.9. The number of amides is 2. The first kappa shape index (κ1) is 24.9. The van der Waals surface area contributed by atoms with Gasteiger partial charge in [0.15, 0.2) is 0 Å². The van der Waals surface area contributed by atoms with Gasteiger partial charge in [-0.2, -0.15) is 4.31 Å². The minimum absolute atomic E-state index is 0.000872. The normalized spacial score (nSPS) is 35.3. The summed E-state index contributed by atoms with van der Waals surface area (Å²) in [5, 5.41) is 3.90. The molecule has 188 valence electrons. The van der Waals surface area contributed by atoms with E-state index < -0.39 is 16.4 Å². The molecule has 34 heavy (non-hydrogen) atoms. The Labute approximate surface area is 219 Å². The van der Waals surface area contributed by atoms with Gasteiger partial charge in [0, 0.05) is 34.0 Å². The average molecular weight is 596 g/mol. The van der Waals surface area contributed by atoms with Crippen molar-refractivity contribution in [2.75, 3.05) is 23.9 Å². The maximum absolute atomic E-state index is 13.1. The molecule has 2 unspecified atom stereocenters. The summed E-state index contributed by atoms with van der Waals surface area (Å²) in [6.45, 7) is 0.616. The van der Waals surface area contributed by atoms with Crippen molar-refractivity contribution in [1.29, 1.82) is 0 Å². The Kier molecular flexibility index (Phi) is 6.58. The topological polar surface area (TPSA) is 119 Å². The Morgan fingerprint density at radius 2 is 1.85 bits per heavy atom. The van der Waals surface area contributed by atoms with Gasteiger partial charge in [0.05, 0.1) is 17.3 Å². The van der Waals surface area contributed by atoms with E-state index in [4.69, 9.17) is 28.9 Å². The molecule has 4 bridgehead atoms. The highest BCUT2D eigenvalue weighted by Crippen LogP contribution is 2.60. The van der Waals surface area contributed by atoms with Gasteiger partial charge in [-0.15, -0.1) is 0 Å². The van der Waals surface area contributed by atoms with Crippen molar-refractivity contribution >= 4 is 67.6 Å². The Hall–Kier alpha value is -0.750. The van der Waals surface area contributed by atoms with Crippen LogP contribution < -0.4 is 15.4 Å². The Morgan fingerprint density at radius 3 is 2.47 bits per heavy atom. The average Bonchev–Trinajstić information content (AvgIpc) is 2.72. The molecule has 0 aromatic heterocycles. The second-order valence-electron chi connectivity index (χ2n) is 10.2. The summed E-state index contributed by atoms with van der Waals surface area (Å²) >= 11 is 15.9. The van der Waals surface area contributed by atoms with E-state index in [0.29, 0.717) is 45.6 Å². The molecule has 1 saturated heterocycles. The first-order valence-corrected chi connectivity index (χ1v) is 14.6. The molecule has 0 spiro atoms. The fourth-order valence-corrected chi connectivity index (χ4v) is 10.3. The molecule has 2 atom stereocenters. The van der Waals surface area contributed by atoms with E-state index in [-0.39, 0.29) is 36.2 Å². The summed E-state index contributed by atoms with van der Waals surface area (Å²) < 4.78 is 25.7. The number of benzene rings is 1. The zero-order valence-electron chi connectivity index (χ0n) is 18.6. The summed E-state index contributed by atoms with van der Waals surface area (Å²) in [4.78, 5) is 25.3. The van der Waals surface area contributed by atoms with Gasteiger partial charge in [-0.25, -0.2) is 0 Å². The van der Waals surface area contributed by atoms with Gasteiger partial charge < -0.3 is 11.1 Å². The lowest BCUT2D eigenvalue weighted by Crippen LogP contribution is -2.62. The minimum Gasteiger partial charge on any atom is -0.369 e. The SMILES string of the molecule is NC(=O)C12CC3CC(C1)C(NC(=O)CN1CCCN(c4c(Cl)cc(Cl)cc4Br)S1(O)O)C(C3)C2. The number of carbonyl (C=O) groups excluding carboxylic acids is 2. The number of anilines is 1. The van der Waals surface area contributed by atoms with E-state index in [1.807, 2.05) is 0 Å². The van der Waals surface area contributed by atoms with Crippen LogP contribution in [-0.2, 0) is 9.59 Å². The molecule has 0 radical (unpaired) electrons. The monoisotopic (exact) mass is 594 g/mol. The Bertz CT molecular complexity index is 992. The number of nitrogens with one attached hydrogen (secondary N) is 1. The van der Waals surface area contributed by atoms with E-state index in [1.54, 1.807) is 12.1 Å². The largest absolute Gasteiger partial charge is 0.369 e. The van der Waals surface area contributed by atoms with Crippen LogP contribution in [0.15, 0.2) is 16.6 Å². The van der Waals surface area contributed by atoms with Crippen molar-refractivity contribution in [3.05, 3.63) is 26.7 Å². The van der Waals surface area contributed by atoms with Crippen LogP contribution >= 0.6 is 50.1 Å². The smallest absolute Gasteiger partial charge is 0.236 e. The van der Waals surface area contributed by atoms with Gasteiger partial charge in [0.2, 0.25) is 11.8 Å². The molecular formula is C22H29BrCl2N4O4S. The maximum Gasteiger partial charge on any atom is 0.236 e. The maximum atomic E-state index is 13.1. The van der Waals surface area contributed by atoms with E-state index in [2.05, 4.69) is 21.2 Å². The number of carbonyl (C=O) groups is 2. The molecule has 4 saturated carbocycles. The summed E-state index contributed by atoms with van der Waals surface area (Å²) in [6, 6.07) is 3.20. The first-order chi connectivity index (χ1) is 16.0. The zero-order valence-corrected chi connectivity index (χ0v) is 22.5. The van der Waals surface area contributed by atoms with E-state index in [0.717, 1.165) is 32.1 Å². The van der Waals surface area contributed by atoms with Crippen molar-refractivity contribution in [1.82, 2.24) is 9.62 Å².